The zero-order valence-corrected chi connectivity index (χ0v) is 13.8. The molecule has 2 N–H and O–H groups in total. The normalized spacial score (nSPS) is 13.3. The zero-order chi connectivity index (χ0) is 16.5. The van der Waals surface area contributed by atoms with Crippen LogP contribution in [-0.2, 0) is 0 Å². The van der Waals surface area contributed by atoms with E-state index >= 15 is 0 Å². The lowest BCUT2D eigenvalue weighted by molar-refractivity contribution is 0.628. The monoisotopic (exact) mass is 333 g/mol. The largest absolute Gasteiger partial charge is 0.399 e. The summed E-state index contributed by atoms with van der Waals surface area (Å²) in [4.78, 5) is 2.39. The molecule has 24 heavy (non-hydrogen) atoms. The van der Waals surface area contributed by atoms with Crippen molar-refractivity contribution in [2.45, 2.75) is 6.42 Å². The number of nitrogens with two attached hydrogens (primary N) is 1. The van der Waals surface area contributed by atoms with Gasteiger partial charge in [0.15, 0.2) is 0 Å². The molecule has 0 fully saturated rings. The molecule has 1 nitrogen and oxygen atoms in total. The fraction of sp³-hybridized carbons (Fsp3) is 0.0476. The average molecular weight is 333 g/mol. The van der Waals surface area contributed by atoms with Crippen molar-refractivity contribution < 1.29 is 4.39 Å². The van der Waals surface area contributed by atoms with Gasteiger partial charge in [-0.05, 0) is 59.0 Å². The van der Waals surface area contributed by atoms with Gasteiger partial charge in [0.05, 0.1) is 0 Å². The topological polar surface area (TPSA) is 26.0 Å². The Hall–Kier alpha value is -2.65. The first-order valence-electron chi connectivity index (χ1n) is 7.83. The maximum Gasteiger partial charge on any atom is 0.123 e. The first kappa shape index (κ1) is 14.9. The summed E-state index contributed by atoms with van der Waals surface area (Å²) in [5, 5.41) is 0. The number of fused-ring (bicyclic) bond motifs is 1. The number of benzene rings is 2. The molecule has 0 saturated carbocycles. The van der Waals surface area contributed by atoms with Gasteiger partial charge in [0.1, 0.15) is 5.82 Å². The number of hydrogen-bond donors (Lipinski definition) is 1. The average Bonchev–Trinajstić information content (AvgIpc) is 2.91. The zero-order valence-electron chi connectivity index (χ0n) is 13.0. The van der Waals surface area contributed by atoms with Crippen LogP contribution in [0.3, 0.4) is 0 Å². The highest BCUT2D eigenvalue weighted by Gasteiger charge is 2.15. The molecule has 2 aromatic carbocycles. The van der Waals surface area contributed by atoms with E-state index in [1.54, 1.807) is 11.3 Å². The van der Waals surface area contributed by atoms with Crippen molar-refractivity contribution in [2.24, 2.45) is 0 Å². The molecule has 0 spiro atoms. The minimum atomic E-state index is -0.209. The quantitative estimate of drug-likeness (QED) is 0.573. The number of hydrogen-bond acceptors (Lipinski definition) is 2. The van der Waals surface area contributed by atoms with Crippen LogP contribution in [0.15, 0.2) is 66.7 Å². The van der Waals surface area contributed by atoms with Gasteiger partial charge in [0.2, 0.25) is 0 Å². The summed E-state index contributed by atoms with van der Waals surface area (Å²) in [7, 11) is 0. The minimum absolute atomic E-state index is 0.209. The summed E-state index contributed by atoms with van der Waals surface area (Å²) >= 11 is 1.74. The summed E-state index contributed by atoms with van der Waals surface area (Å²) in [6.45, 7) is 0. The fourth-order valence-electron chi connectivity index (χ4n) is 2.88. The molecular weight excluding hydrogens is 317 g/mol. The fourth-order valence-corrected chi connectivity index (χ4v) is 4.10. The van der Waals surface area contributed by atoms with E-state index in [9.17, 15) is 4.39 Å². The van der Waals surface area contributed by atoms with Crippen LogP contribution >= 0.6 is 11.3 Å². The van der Waals surface area contributed by atoms with Gasteiger partial charge in [0.25, 0.3) is 0 Å². The van der Waals surface area contributed by atoms with Gasteiger partial charge in [0, 0.05) is 15.4 Å². The SMILES string of the molecule is Nc1ccc(C2=CCC=Cc3cc(-c4ccc(F)cc4)sc32)cc1. The molecule has 0 bridgehead atoms. The first-order valence-corrected chi connectivity index (χ1v) is 8.65. The number of thiophene rings is 1. The Morgan fingerprint density at radius 1 is 0.917 bits per heavy atom. The molecule has 0 saturated heterocycles. The summed E-state index contributed by atoms with van der Waals surface area (Å²) in [6, 6.07) is 16.8. The molecule has 1 aliphatic carbocycles. The molecule has 118 valence electrons. The standard InChI is InChI=1S/C21H16FNS/c22-17-9-5-15(6-10-17)20-13-16-3-1-2-4-19(21(16)24-20)14-7-11-18(23)12-8-14/h1,3-13H,2,23H2. The Kier molecular flexibility index (Phi) is 3.79. The molecule has 3 aromatic rings. The van der Waals surface area contributed by atoms with Crippen molar-refractivity contribution in [3.8, 4) is 10.4 Å². The van der Waals surface area contributed by atoms with E-state index in [0.717, 1.165) is 22.5 Å². The highest BCUT2D eigenvalue weighted by Crippen LogP contribution is 2.40. The number of nitrogen functional groups attached to an aromatic ring is 1. The third kappa shape index (κ3) is 2.79. The molecule has 0 atom stereocenters. The lowest BCUT2D eigenvalue weighted by Gasteiger charge is -2.07. The van der Waals surface area contributed by atoms with E-state index < -0.39 is 0 Å². The summed E-state index contributed by atoms with van der Waals surface area (Å²) in [5.74, 6) is -0.209. The third-order valence-corrected chi connectivity index (χ3v) is 5.34. The van der Waals surface area contributed by atoms with Gasteiger partial charge in [-0.1, -0.05) is 42.5 Å². The smallest absolute Gasteiger partial charge is 0.123 e. The van der Waals surface area contributed by atoms with Crippen LogP contribution < -0.4 is 5.73 Å². The van der Waals surface area contributed by atoms with Crippen molar-refractivity contribution in [1.29, 1.82) is 0 Å². The van der Waals surface area contributed by atoms with Crippen molar-refractivity contribution in [3.63, 3.8) is 0 Å². The maximum atomic E-state index is 13.2. The summed E-state index contributed by atoms with van der Waals surface area (Å²) < 4.78 is 13.2. The highest BCUT2D eigenvalue weighted by atomic mass is 32.1. The molecule has 0 unspecified atom stereocenters. The van der Waals surface area contributed by atoms with Gasteiger partial charge < -0.3 is 5.73 Å². The van der Waals surface area contributed by atoms with E-state index in [-0.39, 0.29) is 5.82 Å². The first-order chi connectivity index (χ1) is 11.7. The van der Waals surface area contributed by atoms with Crippen LogP contribution in [0.4, 0.5) is 10.1 Å². The highest BCUT2D eigenvalue weighted by molar-refractivity contribution is 7.17. The van der Waals surface area contributed by atoms with Gasteiger partial charge in [-0.15, -0.1) is 11.3 Å². The van der Waals surface area contributed by atoms with Gasteiger partial charge in [-0.25, -0.2) is 4.39 Å². The molecule has 3 heteroatoms. The van der Waals surface area contributed by atoms with Crippen LogP contribution in [0.2, 0.25) is 0 Å². The Balaban J connectivity index is 1.80. The molecule has 1 aliphatic rings. The van der Waals surface area contributed by atoms with Gasteiger partial charge in [-0.3, -0.25) is 0 Å². The Morgan fingerprint density at radius 3 is 2.38 bits per heavy atom. The molecule has 4 rings (SSSR count). The van der Waals surface area contributed by atoms with Crippen LogP contribution in [0.5, 0.6) is 0 Å². The maximum absolute atomic E-state index is 13.2. The Morgan fingerprint density at radius 2 is 1.62 bits per heavy atom. The lowest BCUT2D eigenvalue weighted by Crippen LogP contribution is -1.88. The number of allylic oxidation sites excluding steroid dienone is 2. The lowest BCUT2D eigenvalue weighted by atomic mass is 10.0. The van der Waals surface area contributed by atoms with Gasteiger partial charge in [-0.2, -0.15) is 0 Å². The van der Waals surface area contributed by atoms with Gasteiger partial charge >= 0.3 is 0 Å². The van der Waals surface area contributed by atoms with Crippen LogP contribution in [0.1, 0.15) is 22.4 Å². The molecule has 0 radical (unpaired) electrons. The second-order valence-electron chi connectivity index (χ2n) is 5.78. The molecule has 1 aromatic heterocycles. The van der Waals surface area contributed by atoms with Crippen LogP contribution in [0, 0.1) is 5.82 Å². The van der Waals surface area contributed by atoms with E-state index in [1.807, 2.05) is 24.3 Å². The number of halogens is 1. The molecular formula is C21H16FNS. The molecule has 0 amide bonds. The van der Waals surface area contributed by atoms with E-state index in [0.29, 0.717) is 0 Å². The predicted molar refractivity (Wildman–Crippen MR) is 101 cm³/mol. The minimum Gasteiger partial charge on any atom is -0.399 e. The Labute approximate surface area is 144 Å². The van der Waals surface area contributed by atoms with Crippen molar-refractivity contribution in [3.05, 3.63) is 88.6 Å². The van der Waals surface area contributed by atoms with E-state index in [2.05, 4.69) is 36.4 Å². The Bertz CT molecular complexity index is 931. The number of anilines is 1. The van der Waals surface area contributed by atoms with Crippen LogP contribution in [-0.4, -0.2) is 0 Å². The molecule has 0 aliphatic heterocycles. The third-order valence-electron chi connectivity index (χ3n) is 4.11. The second kappa shape index (κ2) is 6.10. The van der Waals surface area contributed by atoms with E-state index in [1.165, 1.54) is 33.7 Å². The summed E-state index contributed by atoms with van der Waals surface area (Å²) in [6.07, 6.45) is 7.50. The number of rotatable bonds is 2. The van der Waals surface area contributed by atoms with Crippen LogP contribution in [0.25, 0.3) is 22.1 Å². The second-order valence-corrected chi connectivity index (χ2v) is 6.83. The predicted octanol–water partition coefficient (Wildman–Crippen LogP) is 5.99. The van der Waals surface area contributed by atoms with Crippen molar-refractivity contribution in [1.82, 2.24) is 0 Å². The van der Waals surface area contributed by atoms with Crippen molar-refractivity contribution >= 4 is 28.7 Å². The summed E-state index contributed by atoms with van der Waals surface area (Å²) in [5.41, 5.74) is 11.2. The van der Waals surface area contributed by atoms with Crippen molar-refractivity contribution in [2.75, 3.05) is 5.73 Å². The van der Waals surface area contributed by atoms with E-state index in [4.69, 9.17) is 5.73 Å². The molecule has 1 heterocycles.